The molecule has 1 unspecified atom stereocenters. The molecule has 1 aromatic carbocycles. The van der Waals surface area contributed by atoms with E-state index in [1.807, 2.05) is 0 Å². The second-order valence-corrected chi connectivity index (χ2v) is 5.87. The van der Waals surface area contributed by atoms with Crippen LogP contribution in [0.1, 0.15) is 25.7 Å². The number of rotatable bonds is 11. The SMILES string of the molecule is C=CC(=O)OCCCCCCOP(=O)(O)Oc1ccccc1. The Balaban J connectivity index is 2.07. The second-order valence-electron chi connectivity index (χ2n) is 4.49. The van der Waals surface area contributed by atoms with Crippen molar-refractivity contribution in [2.24, 2.45) is 0 Å². The molecule has 0 fully saturated rings. The van der Waals surface area contributed by atoms with Crippen molar-refractivity contribution in [1.29, 1.82) is 0 Å². The highest BCUT2D eigenvalue weighted by Gasteiger charge is 2.22. The van der Waals surface area contributed by atoms with Gasteiger partial charge in [0.15, 0.2) is 0 Å². The number of esters is 1. The van der Waals surface area contributed by atoms with Gasteiger partial charge >= 0.3 is 13.8 Å². The average Bonchev–Trinajstić information content (AvgIpc) is 2.50. The molecule has 0 aliphatic carbocycles. The van der Waals surface area contributed by atoms with Gasteiger partial charge in [-0.25, -0.2) is 9.36 Å². The van der Waals surface area contributed by atoms with Crippen LogP contribution in [-0.2, 0) is 18.6 Å². The summed E-state index contributed by atoms with van der Waals surface area (Å²) in [5, 5.41) is 0. The molecule has 22 heavy (non-hydrogen) atoms. The van der Waals surface area contributed by atoms with E-state index in [2.05, 4.69) is 6.58 Å². The number of phosphoric ester groups is 1. The largest absolute Gasteiger partial charge is 0.527 e. The highest BCUT2D eigenvalue weighted by Crippen LogP contribution is 2.43. The Bertz CT molecular complexity index is 502. The molecule has 1 rings (SSSR count). The summed E-state index contributed by atoms with van der Waals surface area (Å²) in [4.78, 5) is 20.3. The minimum absolute atomic E-state index is 0.132. The quantitative estimate of drug-likeness (QED) is 0.290. The van der Waals surface area contributed by atoms with Crippen molar-refractivity contribution in [1.82, 2.24) is 0 Å². The minimum atomic E-state index is -4.07. The number of hydrogen-bond acceptors (Lipinski definition) is 5. The Kier molecular flexibility index (Phi) is 8.51. The maximum absolute atomic E-state index is 11.7. The van der Waals surface area contributed by atoms with Crippen LogP contribution in [0.5, 0.6) is 5.75 Å². The van der Waals surface area contributed by atoms with Gasteiger partial charge in [0.2, 0.25) is 0 Å². The number of benzene rings is 1. The lowest BCUT2D eigenvalue weighted by molar-refractivity contribution is -0.137. The second kappa shape index (κ2) is 10.2. The Morgan fingerprint density at radius 1 is 1.14 bits per heavy atom. The van der Waals surface area contributed by atoms with Crippen LogP contribution in [0.25, 0.3) is 0 Å². The summed E-state index contributed by atoms with van der Waals surface area (Å²) in [5.41, 5.74) is 0. The zero-order valence-electron chi connectivity index (χ0n) is 12.3. The lowest BCUT2D eigenvalue weighted by Gasteiger charge is -2.12. The Morgan fingerprint density at radius 3 is 2.41 bits per heavy atom. The van der Waals surface area contributed by atoms with Gasteiger partial charge in [0.1, 0.15) is 5.75 Å². The molecule has 0 aromatic heterocycles. The normalized spacial score (nSPS) is 13.1. The molecule has 6 nitrogen and oxygen atoms in total. The van der Waals surface area contributed by atoms with Crippen molar-refractivity contribution < 1.29 is 28.0 Å². The third kappa shape index (κ3) is 8.62. The Hall–Kier alpha value is -1.62. The van der Waals surface area contributed by atoms with Gasteiger partial charge in [0.25, 0.3) is 0 Å². The first kappa shape index (κ1) is 18.4. The zero-order valence-corrected chi connectivity index (χ0v) is 13.2. The first-order valence-corrected chi connectivity index (χ1v) is 8.54. The van der Waals surface area contributed by atoms with E-state index >= 15 is 0 Å². The fourth-order valence-electron chi connectivity index (χ4n) is 1.61. The van der Waals surface area contributed by atoms with Crippen LogP contribution in [0.15, 0.2) is 43.0 Å². The smallest absolute Gasteiger partial charge is 0.463 e. The van der Waals surface area contributed by atoms with Gasteiger partial charge in [0, 0.05) is 6.08 Å². The molecular weight excluding hydrogens is 307 g/mol. The van der Waals surface area contributed by atoms with Gasteiger partial charge in [-0.15, -0.1) is 0 Å². The van der Waals surface area contributed by atoms with Crippen molar-refractivity contribution >= 4 is 13.8 Å². The number of unbranched alkanes of at least 4 members (excludes halogenated alkanes) is 3. The van der Waals surface area contributed by atoms with Crippen molar-refractivity contribution in [3.63, 3.8) is 0 Å². The molecule has 0 heterocycles. The number of phosphoric acid groups is 1. The van der Waals surface area contributed by atoms with E-state index in [1.54, 1.807) is 30.3 Å². The molecule has 0 saturated heterocycles. The fraction of sp³-hybridized carbons (Fsp3) is 0.400. The van der Waals surface area contributed by atoms with Crippen LogP contribution in [0.4, 0.5) is 0 Å². The topological polar surface area (TPSA) is 82.1 Å². The van der Waals surface area contributed by atoms with E-state index in [0.717, 1.165) is 25.3 Å². The molecule has 0 spiro atoms. The number of hydrogen-bond donors (Lipinski definition) is 1. The molecule has 0 bridgehead atoms. The van der Waals surface area contributed by atoms with E-state index in [9.17, 15) is 14.3 Å². The van der Waals surface area contributed by atoms with Crippen LogP contribution >= 0.6 is 7.82 Å². The number of para-hydroxylation sites is 1. The lowest BCUT2D eigenvalue weighted by Crippen LogP contribution is -2.02. The summed E-state index contributed by atoms with van der Waals surface area (Å²) in [5.74, 6) is -0.139. The first-order valence-electron chi connectivity index (χ1n) is 7.05. The highest BCUT2D eigenvalue weighted by molar-refractivity contribution is 7.47. The van der Waals surface area contributed by atoms with Crippen molar-refractivity contribution in [2.45, 2.75) is 25.7 Å². The molecular formula is C15H21O6P. The predicted octanol–water partition coefficient (Wildman–Crippen LogP) is 3.47. The van der Waals surface area contributed by atoms with Gasteiger partial charge < -0.3 is 9.26 Å². The van der Waals surface area contributed by atoms with Crippen molar-refractivity contribution in [3.8, 4) is 5.75 Å². The molecule has 0 saturated carbocycles. The van der Waals surface area contributed by atoms with E-state index in [0.29, 0.717) is 13.0 Å². The summed E-state index contributed by atoms with van der Waals surface area (Å²) < 4.78 is 26.3. The lowest BCUT2D eigenvalue weighted by atomic mass is 10.2. The third-order valence-corrected chi connectivity index (χ3v) is 3.62. The van der Waals surface area contributed by atoms with Gasteiger partial charge in [-0.3, -0.25) is 9.42 Å². The number of ether oxygens (including phenoxy) is 1. The average molecular weight is 328 g/mol. The monoisotopic (exact) mass is 328 g/mol. The summed E-state index contributed by atoms with van der Waals surface area (Å²) >= 11 is 0. The number of carbonyl (C=O) groups is 1. The van der Waals surface area contributed by atoms with Crippen molar-refractivity contribution in [2.75, 3.05) is 13.2 Å². The molecule has 0 aliphatic heterocycles. The van der Waals surface area contributed by atoms with Crippen LogP contribution < -0.4 is 4.52 Å². The molecule has 122 valence electrons. The predicted molar refractivity (Wildman–Crippen MR) is 82.5 cm³/mol. The molecule has 7 heteroatoms. The van der Waals surface area contributed by atoms with Gasteiger partial charge in [0.05, 0.1) is 13.2 Å². The van der Waals surface area contributed by atoms with Gasteiger partial charge in [-0.05, 0) is 31.4 Å². The standard InChI is InChI=1S/C15H21O6P/c1-2-15(16)19-12-8-3-4-9-13-20-22(17,18)21-14-10-6-5-7-11-14/h2,5-7,10-11H,1,3-4,8-9,12-13H2,(H,17,18). The molecule has 1 atom stereocenters. The van der Waals surface area contributed by atoms with Crippen LogP contribution in [0.2, 0.25) is 0 Å². The van der Waals surface area contributed by atoms with E-state index in [1.165, 1.54) is 0 Å². The van der Waals surface area contributed by atoms with E-state index < -0.39 is 13.8 Å². The van der Waals surface area contributed by atoms with Crippen LogP contribution in [0.3, 0.4) is 0 Å². The summed E-state index contributed by atoms with van der Waals surface area (Å²) in [6.07, 6.45) is 4.12. The van der Waals surface area contributed by atoms with Crippen LogP contribution in [-0.4, -0.2) is 24.1 Å². The maximum Gasteiger partial charge on any atom is 0.527 e. The molecule has 0 radical (unpaired) electrons. The zero-order chi connectivity index (χ0) is 16.3. The molecule has 1 N–H and O–H groups in total. The Morgan fingerprint density at radius 2 is 1.77 bits per heavy atom. The fourth-order valence-corrected chi connectivity index (χ4v) is 2.41. The molecule has 0 aliphatic rings. The highest BCUT2D eigenvalue weighted by atomic mass is 31.2. The Labute approximate surface area is 130 Å². The van der Waals surface area contributed by atoms with E-state index in [-0.39, 0.29) is 12.4 Å². The van der Waals surface area contributed by atoms with Gasteiger partial charge in [-0.2, -0.15) is 0 Å². The molecule has 1 aromatic rings. The minimum Gasteiger partial charge on any atom is -0.463 e. The number of carbonyl (C=O) groups excluding carboxylic acids is 1. The van der Waals surface area contributed by atoms with Gasteiger partial charge in [-0.1, -0.05) is 31.2 Å². The van der Waals surface area contributed by atoms with Crippen molar-refractivity contribution in [3.05, 3.63) is 43.0 Å². The first-order chi connectivity index (χ1) is 10.5. The van der Waals surface area contributed by atoms with E-state index in [4.69, 9.17) is 13.8 Å². The van der Waals surface area contributed by atoms with Crippen LogP contribution in [0, 0.1) is 0 Å². The molecule has 0 amide bonds. The summed E-state index contributed by atoms with van der Waals surface area (Å²) in [6, 6.07) is 8.35. The maximum atomic E-state index is 11.7. The third-order valence-electron chi connectivity index (χ3n) is 2.67. The summed E-state index contributed by atoms with van der Waals surface area (Å²) in [7, 11) is -4.07. The summed E-state index contributed by atoms with van der Waals surface area (Å²) in [6.45, 7) is 3.78.